The fourth-order valence-electron chi connectivity index (χ4n) is 7.67. The Balaban J connectivity index is 1.26. The van der Waals surface area contributed by atoms with Crippen LogP contribution in [-0.4, -0.2) is 122 Å². The molecule has 1 aromatic carbocycles. The van der Waals surface area contributed by atoms with Crippen LogP contribution in [0.2, 0.25) is 5.02 Å². The third-order valence-electron chi connectivity index (χ3n) is 11.2. The van der Waals surface area contributed by atoms with Crippen LogP contribution in [0.25, 0.3) is 0 Å². The summed E-state index contributed by atoms with van der Waals surface area (Å²) in [5.74, 6) is -1.30. The smallest absolute Gasteiger partial charge is 0.407 e. The molecule has 1 aromatic rings. The van der Waals surface area contributed by atoms with Crippen LogP contribution in [0.4, 0.5) is 10.5 Å². The van der Waals surface area contributed by atoms with E-state index in [-0.39, 0.29) is 73.0 Å². The fourth-order valence-corrected chi connectivity index (χ4v) is 9.08. The van der Waals surface area contributed by atoms with Crippen molar-refractivity contribution >= 4 is 64.7 Å². The zero-order valence-corrected chi connectivity index (χ0v) is 36.5. The highest BCUT2D eigenvalue weighted by Crippen LogP contribution is 2.49. The Bertz CT molecular complexity index is 1830. The molecular formula is C42H57ClN4O11S. The number of likely N-dealkylation sites (tertiary alicyclic amines) is 1. The number of allylic oxidation sites excluding steroid dienone is 3. The van der Waals surface area contributed by atoms with Gasteiger partial charge in [0.05, 0.1) is 30.6 Å². The number of nitrogens with zero attached hydrogens (tertiary/aromatic N) is 2. The van der Waals surface area contributed by atoms with E-state index in [1.165, 1.54) is 23.8 Å². The minimum absolute atomic E-state index is 0.0485. The third-order valence-corrected chi connectivity index (χ3v) is 12.9. The molecule has 17 heteroatoms. The summed E-state index contributed by atoms with van der Waals surface area (Å²) in [6, 6.07) is 3.52. The lowest BCUT2D eigenvalue weighted by atomic mass is 9.85. The third kappa shape index (κ3) is 11.6. The van der Waals surface area contributed by atoms with Crippen LogP contribution in [0.5, 0.6) is 5.75 Å². The first-order chi connectivity index (χ1) is 28.1. The average Bonchev–Trinajstić information content (AvgIpc) is 3.82. The Labute approximate surface area is 355 Å². The van der Waals surface area contributed by atoms with Crippen molar-refractivity contribution in [3.8, 4) is 5.75 Å². The van der Waals surface area contributed by atoms with Gasteiger partial charge in [0, 0.05) is 58.0 Å². The summed E-state index contributed by atoms with van der Waals surface area (Å²) in [5.41, 5.74) is 1.26. The van der Waals surface area contributed by atoms with Gasteiger partial charge in [0.15, 0.2) is 6.10 Å². The molecule has 8 atom stereocenters. The predicted molar refractivity (Wildman–Crippen MR) is 222 cm³/mol. The van der Waals surface area contributed by atoms with Gasteiger partial charge in [-0.1, -0.05) is 42.3 Å². The Kier molecular flexibility index (Phi) is 15.9. The van der Waals surface area contributed by atoms with Crippen LogP contribution in [0.15, 0.2) is 35.9 Å². The molecule has 59 heavy (non-hydrogen) atoms. The van der Waals surface area contributed by atoms with Gasteiger partial charge in [-0.15, -0.1) is 11.8 Å². The Hall–Kier alpha value is -4.12. The highest BCUT2D eigenvalue weighted by molar-refractivity contribution is 8.00. The number of nitrogens with one attached hydrogen (secondary N) is 2. The van der Waals surface area contributed by atoms with E-state index in [9.17, 15) is 28.8 Å². The number of thioether (sulfide) groups is 1. The lowest BCUT2D eigenvalue weighted by Gasteiger charge is -2.33. The van der Waals surface area contributed by atoms with Crippen LogP contribution in [0.1, 0.15) is 78.7 Å². The summed E-state index contributed by atoms with van der Waals surface area (Å²) in [6.45, 7) is 9.76. The standard InChI is InChI=1S/C42H57ClN4O11S/c1-8-44-34(48)14-15-47-36(50)22-32(39(47)51)59-17-11-16-55-26(4)40(52)57-33-23-35(49)46(6)29-19-27(20-31(54-7)37(29)43)18-24(2)12-9-10-13-28-21-30(56-41(53)45-28)25(3)38-42(33,5)58-38/h9-10,12,19-20,25-26,28,30,32-33,38H,8,11,13-18,21-23H2,1-7H3,(H,44,48)(H,45,53)/b10-9+,24-12+/t25-,26+,28+,30?,32?,33+,38+,42+/m1/s1. The maximum atomic E-state index is 14.1. The van der Waals surface area contributed by atoms with Gasteiger partial charge in [-0.05, 0) is 70.4 Å². The number of ether oxygens (including phenoxy) is 5. The summed E-state index contributed by atoms with van der Waals surface area (Å²) in [4.78, 5) is 80.1. The van der Waals surface area contributed by atoms with E-state index in [1.54, 1.807) is 27.8 Å². The van der Waals surface area contributed by atoms with Gasteiger partial charge < -0.3 is 39.2 Å². The number of rotatable bonds is 13. The van der Waals surface area contributed by atoms with E-state index < -0.39 is 47.3 Å². The molecule has 2 unspecified atom stereocenters. The van der Waals surface area contributed by atoms with Gasteiger partial charge in [0.25, 0.3) is 0 Å². The van der Waals surface area contributed by atoms with Crippen molar-refractivity contribution < 1.29 is 52.5 Å². The Morgan fingerprint density at radius 1 is 1.17 bits per heavy atom. The minimum Gasteiger partial charge on any atom is -0.495 e. The lowest BCUT2D eigenvalue weighted by Crippen LogP contribution is -2.49. The van der Waals surface area contributed by atoms with Gasteiger partial charge in [0.1, 0.15) is 28.6 Å². The number of anilines is 1. The molecule has 0 radical (unpaired) electrons. The molecule has 4 aliphatic heterocycles. The largest absolute Gasteiger partial charge is 0.495 e. The molecule has 0 saturated carbocycles. The normalized spacial score (nSPS) is 29.4. The number of hydrogen-bond donors (Lipinski definition) is 2. The molecule has 4 aliphatic rings. The van der Waals surface area contributed by atoms with Crippen molar-refractivity contribution in [2.45, 2.75) is 121 Å². The second-order valence-electron chi connectivity index (χ2n) is 15.7. The number of hydrogen-bond acceptors (Lipinski definition) is 12. The molecule has 0 aromatic heterocycles. The highest BCUT2D eigenvalue weighted by atomic mass is 35.5. The number of fused-ring (bicyclic) bond motifs is 5. The van der Waals surface area contributed by atoms with Gasteiger partial charge in [0.2, 0.25) is 23.6 Å². The predicted octanol–water partition coefficient (Wildman–Crippen LogP) is 4.90. The number of halogens is 1. The lowest BCUT2D eigenvalue weighted by molar-refractivity contribution is -0.165. The Morgan fingerprint density at radius 2 is 1.93 bits per heavy atom. The molecule has 5 amide bonds. The Morgan fingerprint density at radius 3 is 2.66 bits per heavy atom. The number of amides is 5. The van der Waals surface area contributed by atoms with E-state index in [2.05, 4.69) is 10.6 Å². The van der Waals surface area contributed by atoms with Crippen LogP contribution in [-0.2, 0) is 49.3 Å². The van der Waals surface area contributed by atoms with Crippen molar-refractivity contribution in [1.82, 2.24) is 15.5 Å². The fraction of sp³-hybridized carbons (Fsp3) is 0.619. The summed E-state index contributed by atoms with van der Waals surface area (Å²) < 4.78 is 29.5. The number of methoxy groups -OCH3 is 1. The minimum atomic E-state index is -1.10. The molecular weight excluding hydrogens is 804 g/mol. The molecule has 3 fully saturated rings. The molecule has 5 rings (SSSR count). The molecule has 324 valence electrons. The van der Waals surface area contributed by atoms with E-state index >= 15 is 0 Å². The highest BCUT2D eigenvalue weighted by Gasteiger charge is 2.63. The second kappa shape index (κ2) is 20.4. The van der Waals surface area contributed by atoms with Crippen LogP contribution in [0, 0.1) is 5.92 Å². The van der Waals surface area contributed by atoms with E-state index in [4.69, 9.17) is 35.3 Å². The maximum Gasteiger partial charge on any atom is 0.407 e. The zero-order chi connectivity index (χ0) is 43.0. The van der Waals surface area contributed by atoms with Crippen LogP contribution in [0.3, 0.4) is 0 Å². The average molecular weight is 861 g/mol. The number of alkyl carbamates (subject to hydrolysis) is 1. The molecule has 4 heterocycles. The van der Waals surface area contributed by atoms with Gasteiger partial charge in [-0.3, -0.25) is 24.1 Å². The molecule has 4 bridgehead atoms. The van der Waals surface area contributed by atoms with Crippen molar-refractivity contribution in [2.75, 3.05) is 44.5 Å². The molecule has 0 spiro atoms. The molecule has 15 nitrogen and oxygen atoms in total. The zero-order valence-electron chi connectivity index (χ0n) is 34.9. The van der Waals surface area contributed by atoms with Crippen molar-refractivity contribution in [3.05, 3.63) is 46.5 Å². The quantitative estimate of drug-likeness (QED) is 0.119. The second-order valence-corrected chi connectivity index (χ2v) is 17.4. The number of esters is 1. The first-order valence-electron chi connectivity index (χ1n) is 20.2. The monoisotopic (exact) mass is 860 g/mol. The maximum absolute atomic E-state index is 14.1. The number of imide groups is 1. The number of benzene rings is 1. The van der Waals surface area contributed by atoms with E-state index in [1.807, 2.05) is 44.2 Å². The molecule has 3 saturated heterocycles. The number of carbonyl (C=O) groups is 6. The summed E-state index contributed by atoms with van der Waals surface area (Å²) >= 11 is 8.11. The van der Waals surface area contributed by atoms with Crippen molar-refractivity contribution in [3.63, 3.8) is 0 Å². The molecule has 0 aliphatic carbocycles. The van der Waals surface area contributed by atoms with Gasteiger partial charge in [-0.2, -0.15) is 0 Å². The molecule has 2 N–H and O–H groups in total. The van der Waals surface area contributed by atoms with Gasteiger partial charge >= 0.3 is 12.1 Å². The SMILES string of the molecule is CCNC(=O)CCN1C(=O)CC(SCCCO[C@@H](C)C(=O)O[C@H]2CC(=O)N(C)c3cc(cc(OC)c3Cl)C/C(C)=C/C=C/C[C@H]3CC(OC(=O)N3)[C@@H](C)[C@@H]3O[C@@]23C)C1=O. The van der Waals surface area contributed by atoms with Crippen molar-refractivity contribution in [2.24, 2.45) is 5.92 Å². The van der Waals surface area contributed by atoms with Gasteiger partial charge in [-0.25, -0.2) is 9.59 Å². The van der Waals surface area contributed by atoms with Crippen LogP contribution >= 0.6 is 23.4 Å². The van der Waals surface area contributed by atoms with Crippen molar-refractivity contribution in [1.29, 1.82) is 0 Å². The summed E-state index contributed by atoms with van der Waals surface area (Å²) in [6.07, 6.45) is 4.47. The van der Waals surface area contributed by atoms with E-state index in [0.29, 0.717) is 49.4 Å². The number of epoxide rings is 1. The summed E-state index contributed by atoms with van der Waals surface area (Å²) in [5, 5.41) is 5.28. The first-order valence-corrected chi connectivity index (χ1v) is 21.6. The van der Waals surface area contributed by atoms with E-state index in [0.717, 1.165) is 16.0 Å². The first kappa shape index (κ1) is 46.0. The summed E-state index contributed by atoms with van der Waals surface area (Å²) in [7, 11) is 3.12. The topological polar surface area (TPSA) is 182 Å². The van der Waals surface area contributed by atoms with Crippen LogP contribution < -0.4 is 20.3 Å². The number of carbonyl (C=O) groups excluding carboxylic acids is 6.